The lowest BCUT2D eigenvalue weighted by Gasteiger charge is -2.12. The van der Waals surface area contributed by atoms with Crippen LogP contribution >= 0.6 is 0 Å². The first-order chi connectivity index (χ1) is 9.08. The van der Waals surface area contributed by atoms with Crippen molar-refractivity contribution in [2.75, 3.05) is 6.54 Å². The molecule has 2 N–H and O–H groups in total. The molecule has 0 radical (unpaired) electrons. The van der Waals surface area contributed by atoms with Crippen molar-refractivity contribution in [3.05, 3.63) is 34.9 Å². The molecule has 2 rings (SSSR count). The Kier molecular flexibility index (Phi) is 4.37. The molecule has 0 aliphatic heterocycles. The van der Waals surface area contributed by atoms with Gasteiger partial charge in [-0.2, -0.15) is 10.2 Å². The van der Waals surface area contributed by atoms with E-state index in [0.29, 0.717) is 6.04 Å². The van der Waals surface area contributed by atoms with Crippen LogP contribution in [0.25, 0.3) is 0 Å². The molecule has 104 valence electrons. The van der Waals surface area contributed by atoms with E-state index in [9.17, 15) is 0 Å². The molecule has 0 aliphatic rings. The molecule has 0 aliphatic carbocycles. The number of hydrogen-bond donors (Lipinski definition) is 2. The number of hydrogen-bond acceptors (Lipinski definition) is 3. The molecule has 0 saturated carbocycles. The Morgan fingerprint density at radius 2 is 2.21 bits per heavy atom. The van der Waals surface area contributed by atoms with Gasteiger partial charge in [0.05, 0.1) is 11.9 Å². The molecule has 0 fully saturated rings. The zero-order valence-electron chi connectivity index (χ0n) is 12.2. The van der Waals surface area contributed by atoms with E-state index >= 15 is 0 Å². The van der Waals surface area contributed by atoms with Crippen LogP contribution in [0.4, 0.5) is 0 Å². The highest BCUT2D eigenvalue weighted by Gasteiger charge is 2.10. The number of nitrogens with zero attached hydrogens (tertiary/aromatic N) is 3. The minimum absolute atomic E-state index is 0.346. The van der Waals surface area contributed by atoms with E-state index in [1.807, 2.05) is 17.9 Å². The number of aromatic amines is 1. The molecule has 2 aromatic heterocycles. The molecule has 0 aromatic carbocycles. The second-order valence-electron chi connectivity index (χ2n) is 5.14. The van der Waals surface area contributed by atoms with Crippen molar-refractivity contribution in [1.82, 2.24) is 25.3 Å². The van der Waals surface area contributed by atoms with E-state index in [-0.39, 0.29) is 0 Å². The number of nitrogens with one attached hydrogen (secondary N) is 2. The van der Waals surface area contributed by atoms with E-state index in [4.69, 9.17) is 0 Å². The van der Waals surface area contributed by atoms with Gasteiger partial charge in [0, 0.05) is 30.5 Å². The van der Waals surface area contributed by atoms with E-state index in [0.717, 1.165) is 25.1 Å². The Balaban J connectivity index is 1.77. The third kappa shape index (κ3) is 3.44. The standard InChI is InChI=1S/C14H23N5/c1-10-13(8-16-17-10)6-5-7-15-11(2)14-9-19(4)18-12(14)3/h8-9,11,15H,5-7H2,1-4H3,(H,16,17). The summed E-state index contributed by atoms with van der Waals surface area (Å²) >= 11 is 0. The molecule has 5 nitrogen and oxygen atoms in total. The van der Waals surface area contributed by atoms with Crippen molar-refractivity contribution in [1.29, 1.82) is 0 Å². The quantitative estimate of drug-likeness (QED) is 0.782. The van der Waals surface area contributed by atoms with Crippen LogP contribution in [0.2, 0.25) is 0 Å². The lowest BCUT2D eigenvalue weighted by molar-refractivity contribution is 0.556. The van der Waals surface area contributed by atoms with E-state index < -0.39 is 0 Å². The maximum Gasteiger partial charge on any atom is 0.0641 e. The SMILES string of the molecule is Cc1nn(C)cc1C(C)NCCCc1cn[nH]c1C. The maximum absolute atomic E-state index is 4.38. The van der Waals surface area contributed by atoms with Gasteiger partial charge in [0.25, 0.3) is 0 Å². The molecule has 0 saturated heterocycles. The topological polar surface area (TPSA) is 58.5 Å². The highest BCUT2D eigenvalue weighted by molar-refractivity contribution is 5.19. The predicted octanol–water partition coefficient (Wildman–Crippen LogP) is 2.04. The summed E-state index contributed by atoms with van der Waals surface area (Å²) in [6.07, 6.45) is 6.19. The maximum atomic E-state index is 4.38. The second kappa shape index (κ2) is 6.02. The van der Waals surface area contributed by atoms with Crippen molar-refractivity contribution in [2.24, 2.45) is 7.05 Å². The van der Waals surface area contributed by atoms with E-state index in [1.54, 1.807) is 0 Å². The normalized spacial score (nSPS) is 12.8. The van der Waals surface area contributed by atoms with Crippen LogP contribution in [-0.4, -0.2) is 26.5 Å². The van der Waals surface area contributed by atoms with Gasteiger partial charge in [0.2, 0.25) is 0 Å². The molecule has 2 aromatic rings. The molecule has 1 unspecified atom stereocenters. The highest BCUT2D eigenvalue weighted by atomic mass is 15.3. The van der Waals surface area contributed by atoms with Gasteiger partial charge in [-0.3, -0.25) is 9.78 Å². The lowest BCUT2D eigenvalue weighted by atomic mass is 10.1. The summed E-state index contributed by atoms with van der Waals surface area (Å²) in [5.41, 5.74) is 4.87. The smallest absolute Gasteiger partial charge is 0.0641 e. The molecule has 0 amide bonds. The number of aryl methyl sites for hydroxylation is 4. The molecule has 5 heteroatoms. The minimum Gasteiger partial charge on any atom is -0.310 e. The van der Waals surface area contributed by atoms with Gasteiger partial charge in [-0.05, 0) is 45.7 Å². The van der Waals surface area contributed by atoms with Gasteiger partial charge in [0.15, 0.2) is 0 Å². The van der Waals surface area contributed by atoms with Crippen LogP contribution in [0.15, 0.2) is 12.4 Å². The summed E-state index contributed by atoms with van der Waals surface area (Å²) < 4.78 is 1.87. The van der Waals surface area contributed by atoms with Crippen molar-refractivity contribution < 1.29 is 0 Å². The Morgan fingerprint density at radius 3 is 2.79 bits per heavy atom. The van der Waals surface area contributed by atoms with Gasteiger partial charge in [-0.1, -0.05) is 0 Å². The fourth-order valence-electron chi connectivity index (χ4n) is 2.38. The molecular formula is C14H23N5. The van der Waals surface area contributed by atoms with E-state index in [2.05, 4.69) is 47.6 Å². The fourth-order valence-corrected chi connectivity index (χ4v) is 2.38. The van der Waals surface area contributed by atoms with Crippen molar-refractivity contribution in [2.45, 2.75) is 39.7 Å². The van der Waals surface area contributed by atoms with Gasteiger partial charge < -0.3 is 5.32 Å². The average Bonchev–Trinajstić information content (AvgIpc) is 2.91. The Hall–Kier alpha value is -1.62. The second-order valence-corrected chi connectivity index (χ2v) is 5.14. The molecular weight excluding hydrogens is 238 g/mol. The molecule has 2 heterocycles. The van der Waals surface area contributed by atoms with Crippen LogP contribution in [0.1, 0.15) is 41.9 Å². The molecule has 19 heavy (non-hydrogen) atoms. The molecule has 0 bridgehead atoms. The third-order valence-corrected chi connectivity index (χ3v) is 3.53. The Morgan fingerprint density at radius 1 is 1.42 bits per heavy atom. The first-order valence-corrected chi connectivity index (χ1v) is 6.80. The zero-order valence-corrected chi connectivity index (χ0v) is 12.2. The van der Waals surface area contributed by atoms with Crippen LogP contribution < -0.4 is 5.32 Å². The number of rotatable bonds is 6. The van der Waals surface area contributed by atoms with Gasteiger partial charge in [0.1, 0.15) is 0 Å². The van der Waals surface area contributed by atoms with E-state index in [1.165, 1.54) is 16.8 Å². The first-order valence-electron chi connectivity index (χ1n) is 6.80. The summed E-state index contributed by atoms with van der Waals surface area (Å²) in [7, 11) is 1.96. The monoisotopic (exact) mass is 261 g/mol. The Bertz CT molecular complexity index is 526. The van der Waals surface area contributed by atoms with Crippen LogP contribution in [0.3, 0.4) is 0 Å². The van der Waals surface area contributed by atoms with Gasteiger partial charge >= 0.3 is 0 Å². The first kappa shape index (κ1) is 13.8. The van der Waals surface area contributed by atoms with Crippen LogP contribution in [-0.2, 0) is 13.5 Å². The third-order valence-electron chi connectivity index (χ3n) is 3.53. The summed E-state index contributed by atoms with van der Waals surface area (Å²) in [6.45, 7) is 7.31. The summed E-state index contributed by atoms with van der Waals surface area (Å²) in [6, 6.07) is 0.346. The van der Waals surface area contributed by atoms with Crippen LogP contribution in [0, 0.1) is 13.8 Å². The lowest BCUT2D eigenvalue weighted by Crippen LogP contribution is -2.20. The molecule has 1 atom stereocenters. The van der Waals surface area contributed by atoms with Crippen molar-refractivity contribution >= 4 is 0 Å². The van der Waals surface area contributed by atoms with Crippen LogP contribution in [0.5, 0.6) is 0 Å². The number of aromatic nitrogens is 4. The van der Waals surface area contributed by atoms with Crippen molar-refractivity contribution in [3.63, 3.8) is 0 Å². The zero-order chi connectivity index (χ0) is 13.8. The minimum atomic E-state index is 0.346. The van der Waals surface area contributed by atoms with Gasteiger partial charge in [-0.15, -0.1) is 0 Å². The summed E-state index contributed by atoms with van der Waals surface area (Å²) in [5.74, 6) is 0. The van der Waals surface area contributed by atoms with Gasteiger partial charge in [-0.25, -0.2) is 0 Å². The highest BCUT2D eigenvalue weighted by Crippen LogP contribution is 2.15. The fraction of sp³-hybridized carbons (Fsp3) is 0.571. The molecule has 0 spiro atoms. The predicted molar refractivity (Wildman–Crippen MR) is 76.0 cm³/mol. The summed E-state index contributed by atoms with van der Waals surface area (Å²) in [5, 5.41) is 14.9. The average molecular weight is 261 g/mol. The summed E-state index contributed by atoms with van der Waals surface area (Å²) in [4.78, 5) is 0. The largest absolute Gasteiger partial charge is 0.310 e. The van der Waals surface area contributed by atoms with Crippen molar-refractivity contribution in [3.8, 4) is 0 Å². The number of H-pyrrole nitrogens is 1. The Labute approximate surface area is 114 Å².